The topological polar surface area (TPSA) is 132 Å². The standard InChI is InChI=1S/C31H26N8O3/c1-21-11-12-27(42-21)30-35-37-38(36-30)20-28(40)39(25-17-24-9-5-6-10-26(24)33-19-25)29(23-13-15-32-16-14-23)31(41)34-18-22-7-3-2-4-8-22/h2-17,19,29H,18,20H2,1H3,(H,34,41)/t29-/m1/s1. The third-order valence-corrected chi connectivity index (χ3v) is 6.65. The number of furan rings is 1. The summed E-state index contributed by atoms with van der Waals surface area (Å²) in [4.78, 5) is 39.4. The van der Waals surface area contributed by atoms with Gasteiger partial charge in [-0.15, -0.1) is 10.2 Å². The molecule has 4 heterocycles. The molecule has 0 aliphatic rings. The van der Waals surface area contributed by atoms with Crippen molar-refractivity contribution >= 4 is 28.4 Å². The molecule has 42 heavy (non-hydrogen) atoms. The lowest BCUT2D eigenvalue weighted by molar-refractivity contribution is -0.127. The number of carbonyl (C=O) groups is 2. The van der Waals surface area contributed by atoms with Crippen LogP contribution >= 0.6 is 0 Å². The number of nitrogens with zero attached hydrogens (tertiary/aromatic N) is 7. The number of rotatable bonds is 9. The molecule has 2 amide bonds. The van der Waals surface area contributed by atoms with Gasteiger partial charge in [-0.25, -0.2) is 0 Å². The molecule has 0 unspecified atom stereocenters. The fraction of sp³-hybridized carbons (Fsp3) is 0.129. The molecule has 2 aromatic carbocycles. The number of benzene rings is 2. The molecule has 0 aliphatic heterocycles. The van der Waals surface area contributed by atoms with Crippen molar-refractivity contribution in [3.8, 4) is 11.6 Å². The highest BCUT2D eigenvalue weighted by molar-refractivity contribution is 6.02. The van der Waals surface area contributed by atoms with Crippen molar-refractivity contribution in [1.82, 2.24) is 35.5 Å². The van der Waals surface area contributed by atoms with Crippen LogP contribution in [0.2, 0.25) is 0 Å². The van der Waals surface area contributed by atoms with Gasteiger partial charge in [0.05, 0.1) is 17.4 Å². The van der Waals surface area contributed by atoms with Crippen molar-refractivity contribution in [3.63, 3.8) is 0 Å². The number of amides is 2. The van der Waals surface area contributed by atoms with Crippen LogP contribution in [-0.4, -0.2) is 42.0 Å². The number of aryl methyl sites for hydroxylation is 1. The highest BCUT2D eigenvalue weighted by Gasteiger charge is 2.33. The zero-order valence-corrected chi connectivity index (χ0v) is 22.7. The van der Waals surface area contributed by atoms with Gasteiger partial charge in [0.2, 0.25) is 11.7 Å². The average molecular weight is 559 g/mol. The normalized spacial score (nSPS) is 11.7. The number of pyridine rings is 2. The molecule has 1 atom stereocenters. The van der Waals surface area contributed by atoms with Gasteiger partial charge in [0, 0.05) is 24.3 Å². The van der Waals surface area contributed by atoms with Gasteiger partial charge in [-0.1, -0.05) is 48.5 Å². The molecule has 208 valence electrons. The molecule has 6 rings (SSSR count). The molecule has 11 heteroatoms. The number of aromatic nitrogens is 6. The van der Waals surface area contributed by atoms with E-state index in [0.29, 0.717) is 22.8 Å². The Bertz CT molecular complexity index is 1840. The maximum atomic E-state index is 14.1. The number of tetrazole rings is 1. The Balaban J connectivity index is 1.38. The van der Waals surface area contributed by atoms with Crippen molar-refractivity contribution in [2.45, 2.75) is 26.1 Å². The largest absolute Gasteiger partial charge is 0.458 e. The van der Waals surface area contributed by atoms with Crippen LogP contribution < -0.4 is 10.2 Å². The van der Waals surface area contributed by atoms with Crippen molar-refractivity contribution in [2.75, 3.05) is 4.90 Å². The van der Waals surface area contributed by atoms with E-state index in [4.69, 9.17) is 4.42 Å². The zero-order valence-electron chi connectivity index (χ0n) is 22.7. The summed E-state index contributed by atoms with van der Waals surface area (Å²) >= 11 is 0. The third-order valence-electron chi connectivity index (χ3n) is 6.65. The Morgan fingerprint density at radius 3 is 2.55 bits per heavy atom. The summed E-state index contributed by atoms with van der Waals surface area (Å²) in [6, 6.07) is 24.9. The van der Waals surface area contributed by atoms with Crippen LogP contribution in [0.1, 0.15) is 22.9 Å². The minimum absolute atomic E-state index is 0.251. The fourth-order valence-corrected chi connectivity index (χ4v) is 4.63. The van der Waals surface area contributed by atoms with E-state index in [-0.39, 0.29) is 24.8 Å². The van der Waals surface area contributed by atoms with Gasteiger partial charge in [0.15, 0.2) is 5.76 Å². The summed E-state index contributed by atoms with van der Waals surface area (Å²) in [5.41, 5.74) is 2.71. The lowest BCUT2D eigenvalue weighted by Gasteiger charge is -2.31. The predicted octanol–water partition coefficient (Wildman–Crippen LogP) is 4.28. The molecule has 1 N–H and O–H groups in total. The summed E-state index contributed by atoms with van der Waals surface area (Å²) in [5, 5.41) is 16.3. The monoisotopic (exact) mass is 558 g/mol. The van der Waals surface area contributed by atoms with E-state index in [1.54, 1.807) is 42.9 Å². The summed E-state index contributed by atoms with van der Waals surface area (Å²) in [6.45, 7) is 1.82. The van der Waals surface area contributed by atoms with Crippen molar-refractivity contribution in [3.05, 3.63) is 120 Å². The first-order valence-corrected chi connectivity index (χ1v) is 13.3. The maximum Gasteiger partial charge on any atom is 0.251 e. The van der Waals surface area contributed by atoms with Crippen LogP contribution in [0.25, 0.3) is 22.5 Å². The molecule has 0 spiro atoms. The number of carbonyl (C=O) groups excluding carboxylic acids is 2. The second-order valence-corrected chi connectivity index (χ2v) is 9.59. The molecule has 0 fully saturated rings. The second-order valence-electron chi connectivity index (χ2n) is 9.59. The minimum Gasteiger partial charge on any atom is -0.458 e. The lowest BCUT2D eigenvalue weighted by atomic mass is 10.0. The SMILES string of the molecule is Cc1ccc(-c2nnn(CC(=O)N(c3cnc4ccccc4c3)[C@@H](C(=O)NCc3ccccc3)c3ccncc3)n2)o1. The smallest absolute Gasteiger partial charge is 0.251 e. The fourth-order valence-electron chi connectivity index (χ4n) is 4.63. The van der Waals surface area contributed by atoms with E-state index >= 15 is 0 Å². The Labute approximate surface area is 240 Å². The first-order chi connectivity index (χ1) is 20.5. The number of anilines is 1. The van der Waals surface area contributed by atoms with Crippen LogP contribution in [0, 0.1) is 6.92 Å². The summed E-state index contributed by atoms with van der Waals surface area (Å²) in [7, 11) is 0. The number of nitrogens with one attached hydrogen (secondary N) is 1. The van der Waals surface area contributed by atoms with E-state index in [9.17, 15) is 9.59 Å². The van der Waals surface area contributed by atoms with Gasteiger partial charge < -0.3 is 9.73 Å². The first-order valence-electron chi connectivity index (χ1n) is 13.3. The van der Waals surface area contributed by atoms with Crippen molar-refractivity contribution in [1.29, 1.82) is 0 Å². The summed E-state index contributed by atoms with van der Waals surface area (Å²) in [5.74, 6) is 0.583. The van der Waals surface area contributed by atoms with E-state index < -0.39 is 11.9 Å². The molecular weight excluding hydrogens is 532 g/mol. The Morgan fingerprint density at radius 1 is 0.976 bits per heavy atom. The van der Waals surface area contributed by atoms with Gasteiger partial charge in [-0.05, 0) is 59.7 Å². The van der Waals surface area contributed by atoms with E-state index in [0.717, 1.165) is 16.5 Å². The molecule has 0 radical (unpaired) electrons. The van der Waals surface area contributed by atoms with E-state index in [1.807, 2.05) is 67.6 Å². The molecule has 4 aromatic heterocycles. The summed E-state index contributed by atoms with van der Waals surface area (Å²) in [6.07, 6.45) is 4.76. The van der Waals surface area contributed by atoms with Gasteiger partial charge >= 0.3 is 0 Å². The third kappa shape index (κ3) is 5.75. The predicted molar refractivity (Wildman–Crippen MR) is 155 cm³/mol. The number of hydrogen-bond donors (Lipinski definition) is 1. The summed E-state index contributed by atoms with van der Waals surface area (Å²) < 4.78 is 5.60. The molecule has 0 aliphatic carbocycles. The number of fused-ring (bicyclic) bond motifs is 1. The average Bonchev–Trinajstić information content (AvgIpc) is 3.68. The number of para-hydroxylation sites is 1. The molecule has 0 saturated carbocycles. The molecule has 6 aromatic rings. The Kier molecular flexibility index (Phi) is 7.45. The lowest BCUT2D eigenvalue weighted by Crippen LogP contribution is -2.45. The minimum atomic E-state index is -1.04. The van der Waals surface area contributed by atoms with Gasteiger partial charge in [0.25, 0.3) is 5.91 Å². The zero-order chi connectivity index (χ0) is 28.9. The molecule has 11 nitrogen and oxygen atoms in total. The van der Waals surface area contributed by atoms with Crippen molar-refractivity contribution < 1.29 is 14.0 Å². The molecule has 0 bridgehead atoms. The maximum absolute atomic E-state index is 14.1. The van der Waals surface area contributed by atoms with E-state index in [1.165, 1.54) is 9.70 Å². The Hall–Kier alpha value is -5.71. The highest BCUT2D eigenvalue weighted by Crippen LogP contribution is 2.30. The quantitative estimate of drug-likeness (QED) is 0.278. The van der Waals surface area contributed by atoms with Crippen LogP contribution in [0.4, 0.5) is 5.69 Å². The molecule has 0 saturated heterocycles. The van der Waals surface area contributed by atoms with Crippen LogP contribution in [0.15, 0.2) is 108 Å². The first kappa shape index (κ1) is 26.5. The van der Waals surface area contributed by atoms with Gasteiger partial charge in [-0.2, -0.15) is 4.80 Å². The van der Waals surface area contributed by atoms with Crippen LogP contribution in [0.3, 0.4) is 0 Å². The Morgan fingerprint density at radius 2 is 1.76 bits per heavy atom. The number of hydrogen-bond acceptors (Lipinski definition) is 8. The van der Waals surface area contributed by atoms with E-state index in [2.05, 4.69) is 30.7 Å². The highest BCUT2D eigenvalue weighted by atomic mass is 16.3. The van der Waals surface area contributed by atoms with Gasteiger partial charge in [0.1, 0.15) is 18.3 Å². The van der Waals surface area contributed by atoms with Crippen LogP contribution in [-0.2, 0) is 22.7 Å². The van der Waals surface area contributed by atoms with Crippen LogP contribution in [0.5, 0.6) is 0 Å². The van der Waals surface area contributed by atoms with Gasteiger partial charge in [-0.3, -0.25) is 24.5 Å². The molecular formula is C31H26N8O3. The second kappa shape index (κ2) is 11.8. The van der Waals surface area contributed by atoms with Crippen molar-refractivity contribution in [2.24, 2.45) is 0 Å².